The molecule has 18 heavy (non-hydrogen) atoms. The predicted molar refractivity (Wildman–Crippen MR) is 73.5 cm³/mol. The van der Waals surface area contributed by atoms with E-state index in [4.69, 9.17) is 5.11 Å². The molecule has 0 amide bonds. The molecule has 0 heterocycles. The number of aromatic carboxylic acids is 1. The number of carboxylic acids is 1. The Bertz CT molecular complexity index is 580. The smallest absolute Gasteiger partial charge is 0.336 e. The molecule has 0 aliphatic carbocycles. The third-order valence-electron chi connectivity index (χ3n) is 2.72. The number of rotatable bonds is 3. The molecule has 0 fully saturated rings. The van der Waals surface area contributed by atoms with E-state index < -0.39 is 5.97 Å². The Labute approximate surface area is 106 Å². The van der Waals surface area contributed by atoms with Gasteiger partial charge in [0.1, 0.15) is 0 Å². The van der Waals surface area contributed by atoms with Gasteiger partial charge in [-0.2, -0.15) is 0 Å². The van der Waals surface area contributed by atoms with Crippen molar-refractivity contribution >= 4 is 18.1 Å². The van der Waals surface area contributed by atoms with Crippen LogP contribution in [0, 0.1) is 6.92 Å². The van der Waals surface area contributed by atoms with Crippen LogP contribution in [0.25, 0.3) is 12.2 Å². The molecule has 0 spiro atoms. The average Bonchev–Trinajstić information content (AvgIpc) is 2.38. The first-order valence-electron chi connectivity index (χ1n) is 5.74. The van der Waals surface area contributed by atoms with Crippen LogP contribution in [0.15, 0.2) is 48.5 Å². The Morgan fingerprint density at radius 2 is 1.67 bits per heavy atom. The van der Waals surface area contributed by atoms with Gasteiger partial charge in [-0.25, -0.2) is 4.79 Å². The van der Waals surface area contributed by atoms with E-state index in [1.165, 1.54) is 5.56 Å². The van der Waals surface area contributed by atoms with Crippen molar-refractivity contribution < 1.29 is 9.90 Å². The molecule has 0 saturated heterocycles. The third-order valence-corrected chi connectivity index (χ3v) is 2.72. The Morgan fingerprint density at radius 1 is 1.00 bits per heavy atom. The Hall–Kier alpha value is -2.35. The van der Waals surface area contributed by atoms with Gasteiger partial charge >= 0.3 is 5.97 Å². The maximum absolute atomic E-state index is 11.0. The summed E-state index contributed by atoms with van der Waals surface area (Å²) in [5.41, 5.74) is 3.30. The number of carbonyl (C=O) groups is 1. The van der Waals surface area contributed by atoms with E-state index in [0.29, 0.717) is 11.1 Å². The number of carboxylic acid groups (broad SMARTS) is 1. The summed E-state index contributed by atoms with van der Waals surface area (Å²) in [4.78, 5) is 11.0. The zero-order valence-corrected chi connectivity index (χ0v) is 10.1. The molecule has 2 nitrogen and oxygen atoms in total. The SMILES string of the molecule is Cc1ccc(/C=C\c2ccccc2C(=O)O)cc1. The summed E-state index contributed by atoms with van der Waals surface area (Å²) in [5.74, 6) is -0.904. The van der Waals surface area contributed by atoms with Crippen LogP contribution < -0.4 is 0 Å². The fourth-order valence-corrected chi connectivity index (χ4v) is 1.70. The summed E-state index contributed by atoms with van der Waals surface area (Å²) in [6, 6.07) is 15.1. The normalized spacial score (nSPS) is 10.7. The topological polar surface area (TPSA) is 37.3 Å². The first kappa shape index (κ1) is 12.1. The number of hydrogen-bond donors (Lipinski definition) is 1. The van der Waals surface area contributed by atoms with Gasteiger partial charge in [-0.15, -0.1) is 0 Å². The van der Waals surface area contributed by atoms with Crippen molar-refractivity contribution in [2.24, 2.45) is 0 Å². The van der Waals surface area contributed by atoms with Crippen LogP contribution in [0.4, 0.5) is 0 Å². The minimum Gasteiger partial charge on any atom is -0.478 e. The molecule has 0 radical (unpaired) electrons. The molecule has 2 rings (SSSR count). The minimum atomic E-state index is -0.904. The third kappa shape index (κ3) is 2.86. The Kier molecular flexibility index (Phi) is 3.58. The largest absolute Gasteiger partial charge is 0.478 e. The van der Waals surface area contributed by atoms with Gasteiger partial charge in [0.25, 0.3) is 0 Å². The van der Waals surface area contributed by atoms with E-state index in [-0.39, 0.29) is 0 Å². The monoisotopic (exact) mass is 238 g/mol. The highest BCUT2D eigenvalue weighted by molar-refractivity contribution is 5.93. The fourth-order valence-electron chi connectivity index (χ4n) is 1.70. The molecule has 0 bridgehead atoms. The van der Waals surface area contributed by atoms with Crippen molar-refractivity contribution in [2.45, 2.75) is 6.92 Å². The fraction of sp³-hybridized carbons (Fsp3) is 0.0625. The van der Waals surface area contributed by atoms with E-state index in [2.05, 4.69) is 0 Å². The van der Waals surface area contributed by atoms with Crippen LogP contribution in [0.1, 0.15) is 27.0 Å². The molecule has 0 saturated carbocycles. The lowest BCUT2D eigenvalue weighted by Crippen LogP contribution is -1.98. The van der Waals surface area contributed by atoms with Gasteiger partial charge in [-0.3, -0.25) is 0 Å². The lowest BCUT2D eigenvalue weighted by atomic mass is 10.1. The second-order valence-electron chi connectivity index (χ2n) is 4.14. The van der Waals surface area contributed by atoms with E-state index in [0.717, 1.165) is 5.56 Å². The van der Waals surface area contributed by atoms with Crippen LogP contribution in [0.5, 0.6) is 0 Å². The van der Waals surface area contributed by atoms with Crippen LogP contribution in [-0.4, -0.2) is 11.1 Å². The summed E-state index contributed by atoms with van der Waals surface area (Å²) in [6.07, 6.45) is 3.75. The van der Waals surface area contributed by atoms with Gasteiger partial charge in [-0.05, 0) is 24.1 Å². The second kappa shape index (κ2) is 5.32. The van der Waals surface area contributed by atoms with Gasteiger partial charge < -0.3 is 5.11 Å². The summed E-state index contributed by atoms with van der Waals surface area (Å²) in [7, 11) is 0. The molecule has 90 valence electrons. The molecule has 2 aromatic rings. The zero-order chi connectivity index (χ0) is 13.0. The first-order chi connectivity index (χ1) is 8.66. The number of aryl methyl sites for hydroxylation is 1. The van der Waals surface area contributed by atoms with Crippen molar-refractivity contribution in [3.05, 3.63) is 70.8 Å². The highest BCUT2D eigenvalue weighted by Gasteiger charge is 2.05. The van der Waals surface area contributed by atoms with E-state index in [1.807, 2.05) is 49.4 Å². The predicted octanol–water partition coefficient (Wildman–Crippen LogP) is 3.86. The van der Waals surface area contributed by atoms with Crippen LogP contribution in [-0.2, 0) is 0 Å². The highest BCUT2D eigenvalue weighted by Crippen LogP contribution is 2.13. The standard InChI is InChI=1S/C16H14O2/c1-12-6-8-13(9-7-12)10-11-14-4-2-3-5-15(14)16(17)18/h2-11H,1H3,(H,17,18)/b11-10-. The molecule has 2 aromatic carbocycles. The lowest BCUT2D eigenvalue weighted by molar-refractivity contribution is 0.0696. The molecule has 2 heteroatoms. The molecule has 0 unspecified atom stereocenters. The quantitative estimate of drug-likeness (QED) is 0.824. The van der Waals surface area contributed by atoms with Gasteiger partial charge in [0.2, 0.25) is 0 Å². The van der Waals surface area contributed by atoms with Gasteiger partial charge in [-0.1, -0.05) is 60.2 Å². The van der Waals surface area contributed by atoms with Gasteiger partial charge in [0.05, 0.1) is 5.56 Å². The molecular formula is C16H14O2. The molecule has 0 aliphatic heterocycles. The van der Waals surface area contributed by atoms with Crippen molar-refractivity contribution in [2.75, 3.05) is 0 Å². The lowest BCUT2D eigenvalue weighted by Gasteiger charge is -2.00. The van der Waals surface area contributed by atoms with Crippen molar-refractivity contribution in [1.82, 2.24) is 0 Å². The van der Waals surface area contributed by atoms with E-state index in [1.54, 1.807) is 18.2 Å². The molecule has 0 atom stereocenters. The van der Waals surface area contributed by atoms with Gasteiger partial charge in [0.15, 0.2) is 0 Å². The minimum absolute atomic E-state index is 0.320. The highest BCUT2D eigenvalue weighted by atomic mass is 16.4. The van der Waals surface area contributed by atoms with Crippen LogP contribution in [0.3, 0.4) is 0 Å². The van der Waals surface area contributed by atoms with Crippen molar-refractivity contribution in [3.63, 3.8) is 0 Å². The number of benzene rings is 2. The van der Waals surface area contributed by atoms with Crippen LogP contribution >= 0.6 is 0 Å². The summed E-state index contributed by atoms with van der Waals surface area (Å²) in [5, 5.41) is 9.07. The average molecular weight is 238 g/mol. The summed E-state index contributed by atoms with van der Waals surface area (Å²) >= 11 is 0. The maximum atomic E-state index is 11.0. The van der Waals surface area contributed by atoms with E-state index in [9.17, 15) is 4.79 Å². The first-order valence-corrected chi connectivity index (χ1v) is 5.74. The van der Waals surface area contributed by atoms with E-state index >= 15 is 0 Å². The maximum Gasteiger partial charge on any atom is 0.336 e. The number of hydrogen-bond acceptors (Lipinski definition) is 1. The molecule has 0 aliphatic rings. The van der Waals surface area contributed by atoms with Gasteiger partial charge in [0, 0.05) is 0 Å². The second-order valence-corrected chi connectivity index (χ2v) is 4.14. The molecule has 1 N–H and O–H groups in total. The zero-order valence-electron chi connectivity index (χ0n) is 10.1. The molecule has 0 aromatic heterocycles. The summed E-state index contributed by atoms with van der Waals surface area (Å²) < 4.78 is 0. The summed E-state index contributed by atoms with van der Waals surface area (Å²) in [6.45, 7) is 2.03. The molecular weight excluding hydrogens is 224 g/mol. The Morgan fingerprint density at radius 3 is 2.33 bits per heavy atom. The Balaban J connectivity index is 2.29. The van der Waals surface area contributed by atoms with Crippen LogP contribution in [0.2, 0.25) is 0 Å². The van der Waals surface area contributed by atoms with Crippen molar-refractivity contribution in [1.29, 1.82) is 0 Å². The van der Waals surface area contributed by atoms with Crippen molar-refractivity contribution in [3.8, 4) is 0 Å².